The van der Waals surface area contributed by atoms with Gasteiger partial charge in [0, 0.05) is 34.4 Å². The zero-order valence-corrected chi connectivity index (χ0v) is 12.9. The summed E-state index contributed by atoms with van der Waals surface area (Å²) < 4.78 is 12.2. The molecule has 114 valence electrons. The second-order valence-electron chi connectivity index (χ2n) is 5.39. The first-order valence-electron chi connectivity index (χ1n) is 7.37. The van der Waals surface area contributed by atoms with E-state index in [9.17, 15) is 13.8 Å². The lowest BCUT2D eigenvalue weighted by molar-refractivity contribution is 0.0993. The quantitative estimate of drug-likeness (QED) is 0.920. The third-order valence-corrected chi connectivity index (χ3v) is 5.39. The van der Waals surface area contributed by atoms with E-state index >= 15 is 0 Å². The largest absolute Gasteiger partial charge is 0.329 e. The molecular formula is C17H17NO3S. The maximum Gasteiger partial charge on any atom is 0.251 e. The summed E-state index contributed by atoms with van der Waals surface area (Å²) in [5.74, 6) is 0.604. The maximum atomic E-state index is 12.2. The molecule has 22 heavy (non-hydrogen) atoms. The molecule has 0 saturated carbocycles. The molecule has 3 rings (SSSR count). The van der Waals surface area contributed by atoms with Crippen LogP contribution in [0.5, 0.6) is 0 Å². The van der Waals surface area contributed by atoms with Gasteiger partial charge >= 0.3 is 0 Å². The van der Waals surface area contributed by atoms with E-state index in [0.29, 0.717) is 42.6 Å². The monoisotopic (exact) mass is 315 g/mol. The first kappa shape index (κ1) is 14.9. The number of H-pyrrole nitrogens is 1. The molecule has 1 heterocycles. The van der Waals surface area contributed by atoms with Crippen molar-refractivity contribution in [2.24, 2.45) is 0 Å². The number of aromatic nitrogens is 1. The number of nitrogens with one attached hydrogen (secondary N) is 1. The number of carbonyl (C=O) groups excluding carboxylic acids is 1. The minimum Gasteiger partial charge on any atom is -0.329 e. The smallest absolute Gasteiger partial charge is 0.251 e. The average molecular weight is 315 g/mol. The third-order valence-electron chi connectivity index (χ3n) is 3.94. The summed E-state index contributed by atoms with van der Waals surface area (Å²) in [6, 6.07) is 9.37. The average Bonchev–Trinajstić information content (AvgIpc) is 2.93. The fourth-order valence-electron chi connectivity index (χ4n) is 2.85. The Labute approximate surface area is 131 Å². The first-order chi connectivity index (χ1) is 10.7. The first-order valence-corrected chi connectivity index (χ1v) is 8.69. The van der Waals surface area contributed by atoms with Gasteiger partial charge < -0.3 is 4.98 Å². The molecule has 0 amide bonds. The number of fused-ring (bicyclic) bond motifs is 1. The number of hydrogen-bond donors (Lipinski definition) is 1. The van der Waals surface area contributed by atoms with E-state index in [1.54, 1.807) is 6.20 Å². The van der Waals surface area contributed by atoms with Crippen molar-refractivity contribution in [2.45, 2.75) is 30.6 Å². The van der Waals surface area contributed by atoms with Crippen LogP contribution in [0, 0.1) is 0 Å². The Kier molecular flexibility index (Phi) is 4.34. The minimum absolute atomic E-state index is 0.0558. The molecule has 1 aromatic heterocycles. The highest BCUT2D eigenvalue weighted by Crippen LogP contribution is 2.23. The number of pyridine rings is 1. The number of rotatable bonds is 5. The van der Waals surface area contributed by atoms with Crippen molar-refractivity contribution in [3.8, 4) is 0 Å². The lowest BCUT2D eigenvalue weighted by atomic mass is 10.0. The molecule has 5 heteroatoms. The van der Waals surface area contributed by atoms with Gasteiger partial charge in [0.15, 0.2) is 5.78 Å². The molecule has 0 bridgehead atoms. The molecule has 4 nitrogen and oxygen atoms in total. The number of hydrogen-bond acceptors (Lipinski definition) is 3. The minimum atomic E-state index is -1.03. The number of Topliss-reactive ketones (excluding diaryl/α,β-unsaturated/α-hetero) is 1. The Morgan fingerprint density at radius 2 is 1.86 bits per heavy atom. The SMILES string of the molecule is O=C1CCc2c1c(CCCS(=O)c1ccccc1)c[nH]c2=O. The third kappa shape index (κ3) is 2.95. The van der Waals surface area contributed by atoms with Gasteiger partial charge in [0.25, 0.3) is 5.56 Å². The zero-order valence-electron chi connectivity index (χ0n) is 12.1. The van der Waals surface area contributed by atoms with Gasteiger partial charge in [0.1, 0.15) is 0 Å². The van der Waals surface area contributed by atoms with Crippen LogP contribution in [0.3, 0.4) is 0 Å². The van der Waals surface area contributed by atoms with E-state index in [0.717, 1.165) is 10.5 Å². The molecule has 0 fully saturated rings. The second-order valence-corrected chi connectivity index (χ2v) is 6.96. The number of benzene rings is 1. The van der Waals surface area contributed by atoms with Gasteiger partial charge in [0.2, 0.25) is 0 Å². The van der Waals surface area contributed by atoms with E-state index in [1.807, 2.05) is 30.3 Å². The van der Waals surface area contributed by atoms with Crippen LogP contribution >= 0.6 is 0 Å². The fraction of sp³-hybridized carbons (Fsp3) is 0.294. The molecule has 1 aliphatic carbocycles. The Hall–Kier alpha value is -2.01. The maximum absolute atomic E-state index is 12.2. The van der Waals surface area contributed by atoms with Gasteiger partial charge in [-0.3, -0.25) is 13.8 Å². The van der Waals surface area contributed by atoms with Gasteiger partial charge in [-0.2, -0.15) is 0 Å². The van der Waals surface area contributed by atoms with Gasteiger partial charge in [-0.15, -0.1) is 0 Å². The Morgan fingerprint density at radius 3 is 2.64 bits per heavy atom. The van der Waals surface area contributed by atoms with Crippen LogP contribution in [0.1, 0.15) is 34.3 Å². The van der Waals surface area contributed by atoms with Crippen LogP contribution in [0.15, 0.2) is 46.2 Å². The fourth-order valence-corrected chi connectivity index (χ4v) is 3.95. The highest BCUT2D eigenvalue weighted by Gasteiger charge is 2.25. The number of carbonyl (C=O) groups is 1. The van der Waals surface area contributed by atoms with Gasteiger partial charge in [-0.1, -0.05) is 18.2 Å². The van der Waals surface area contributed by atoms with Crippen LogP contribution in [0.4, 0.5) is 0 Å². The van der Waals surface area contributed by atoms with E-state index in [-0.39, 0.29) is 11.3 Å². The summed E-state index contributed by atoms with van der Waals surface area (Å²) in [6.07, 6.45) is 3.96. The Morgan fingerprint density at radius 1 is 1.09 bits per heavy atom. The van der Waals surface area contributed by atoms with E-state index < -0.39 is 10.8 Å². The lowest BCUT2D eigenvalue weighted by Crippen LogP contribution is -2.15. The van der Waals surface area contributed by atoms with Crippen molar-refractivity contribution < 1.29 is 9.00 Å². The molecule has 1 aromatic carbocycles. The summed E-state index contributed by atoms with van der Waals surface area (Å²) in [5.41, 5.74) is 1.94. The van der Waals surface area contributed by atoms with Crippen molar-refractivity contribution in [3.05, 3.63) is 63.6 Å². The van der Waals surface area contributed by atoms with Crippen LogP contribution < -0.4 is 5.56 Å². The normalized spacial score (nSPS) is 14.8. The lowest BCUT2D eigenvalue weighted by Gasteiger charge is -2.07. The second kappa shape index (κ2) is 6.40. The Balaban J connectivity index is 1.68. The summed E-state index contributed by atoms with van der Waals surface area (Å²) in [6.45, 7) is 0. The van der Waals surface area contributed by atoms with Crippen LogP contribution in [-0.2, 0) is 23.6 Å². The molecule has 2 aromatic rings. The highest BCUT2D eigenvalue weighted by atomic mass is 32.2. The van der Waals surface area contributed by atoms with Crippen LogP contribution in [-0.4, -0.2) is 20.7 Å². The molecule has 0 spiro atoms. The van der Waals surface area contributed by atoms with Crippen molar-refractivity contribution in [3.63, 3.8) is 0 Å². The van der Waals surface area contributed by atoms with E-state index in [1.165, 1.54) is 0 Å². The molecule has 0 saturated heterocycles. The predicted octanol–water partition coefficient (Wildman–Crippen LogP) is 2.24. The standard InChI is InChI=1S/C17H17NO3S/c19-15-9-8-14-16(15)12(11-18-17(14)20)5-4-10-22(21)13-6-2-1-3-7-13/h1-3,6-7,11H,4-5,8-10H2,(H,18,20). The van der Waals surface area contributed by atoms with Crippen molar-refractivity contribution >= 4 is 16.6 Å². The zero-order chi connectivity index (χ0) is 15.5. The summed E-state index contributed by atoms with van der Waals surface area (Å²) >= 11 is 0. The summed E-state index contributed by atoms with van der Waals surface area (Å²) in [7, 11) is -1.03. The highest BCUT2D eigenvalue weighted by molar-refractivity contribution is 7.85. The van der Waals surface area contributed by atoms with E-state index in [2.05, 4.69) is 4.98 Å². The van der Waals surface area contributed by atoms with E-state index in [4.69, 9.17) is 0 Å². The molecule has 1 atom stereocenters. The molecule has 0 aliphatic heterocycles. The molecule has 1 unspecified atom stereocenters. The summed E-state index contributed by atoms with van der Waals surface area (Å²) in [4.78, 5) is 27.2. The van der Waals surface area contributed by atoms with Crippen molar-refractivity contribution in [1.29, 1.82) is 0 Å². The number of aromatic amines is 1. The van der Waals surface area contributed by atoms with Crippen LogP contribution in [0.2, 0.25) is 0 Å². The molecule has 1 aliphatic rings. The van der Waals surface area contributed by atoms with Gasteiger partial charge in [-0.25, -0.2) is 0 Å². The molecular weight excluding hydrogens is 298 g/mol. The topological polar surface area (TPSA) is 67.0 Å². The summed E-state index contributed by atoms with van der Waals surface area (Å²) in [5, 5.41) is 0. The predicted molar refractivity (Wildman–Crippen MR) is 85.8 cm³/mol. The van der Waals surface area contributed by atoms with Crippen molar-refractivity contribution in [2.75, 3.05) is 5.75 Å². The van der Waals surface area contributed by atoms with Gasteiger partial charge in [-0.05, 0) is 37.0 Å². The van der Waals surface area contributed by atoms with Crippen molar-refractivity contribution in [1.82, 2.24) is 4.98 Å². The number of aryl methyl sites for hydroxylation is 1. The Bertz CT molecular complexity index is 780. The molecule has 1 N–H and O–H groups in total. The molecule has 0 radical (unpaired) electrons. The van der Waals surface area contributed by atoms with Crippen LogP contribution in [0.25, 0.3) is 0 Å². The number of ketones is 1. The van der Waals surface area contributed by atoms with Gasteiger partial charge in [0.05, 0.1) is 10.8 Å².